The molecule has 3 rings (SSSR count). The maximum atomic E-state index is 12.3. The number of carbonyl (C=O) groups excluding carboxylic acids is 1. The SMILES string of the molecule is Nc1ccc(C(=O)Nc2cccc3ccccc23)cc1Br. The van der Waals surface area contributed by atoms with Gasteiger partial charge in [-0.15, -0.1) is 0 Å². The van der Waals surface area contributed by atoms with Gasteiger partial charge in [0.05, 0.1) is 0 Å². The fraction of sp³-hybridized carbons (Fsp3) is 0. The van der Waals surface area contributed by atoms with Crippen LogP contribution in [0.15, 0.2) is 65.1 Å². The molecule has 4 heteroatoms. The quantitative estimate of drug-likeness (QED) is 0.677. The molecule has 0 unspecified atom stereocenters. The van der Waals surface area contributed by atoms with Gasteiger partial charge in [0.15, 0.2) is 0 Å². The number of nitrogen functional groups attached to an aromatic ring is 1. The highest BCUT2D eigenvalue weighted by Crippen LogP contribution is 2.25. The van der Waals surface area contributed by atoms with Crippen LogP contribution < -0.4 is 11.1 Å². The van der Waals surface area contributed by atoms with Crippen LogP contribution in [-0.2, 0) is 0 Å². The molecule has 104 valence electrons. The van der Waals surface area contributed by atoms with E-state index in [0.717, 1.165) is 16.5 Å². The zero-order chi connectivity index (χ0) is 14.8. The van der Waals surface area contributed by atoms with Crippen molar-refractivity contribution in [3.63, 3.8) is 0 Å². The van der Waals surface area contributed by atoms with Crippen LogP contribution in [0.5, 0.6) is 0 Å². The van der Waals surface area contributed by atoms with Gasteiger partial charge in [0.25, 0.3) is 5.91 Å². The third-order valence-electron chi connectivity index (χ3n) is 3.30. The summed E-state index contributed by atoms with van der Waals surface area (Å²) in [7, 11) is 0. The molecule has 0 saturated carbocycles. The molecule has 21 heavy (non-hydrogen) atoms. The number of halogens is 1. The third-order valence-corrected chi connectivity index (χ3v) is 3.99. The minimum atomic E-state index is -0.160. The Kier molecular flexibility index (Phi) is 3.62. The largest absolute Gasteiger partial charge is 0.398 e. The summed E-state index contributed by atoms with van der Waals surface area (Å²) in [5.41, 5.74) is 7.70. The molecular weight excluding hydrogens is 328 g/mol. The van der Waals surface area contributed by atoms with E-state index in [9.17, 15) is 4.79 Å². The number of fused-ring (bicyclic) bond motifs is 1. The average Bonchev–Trinajstić information content (AvgIpc) is 2.50. The monoisotopic (exact) mass is 340 g/mol. The second-order valence-electron chi connectivity index (χ2n) is 4.72. The van der Waals surface area contributed by atoms with Crippen LogP contribution in [0, 0.1) is 0 Å². The summed E-state index contributed by atoms with van der Waals surface area (Å²) in [6.45, 7) is 0. The van der Waals surface area contributed by atoms with E-state index in [0.29, 0.717) is 15.7 Å². The van der Waals surface area contributed by atoms with Gasteiger partial charge in [0.1, 0.15) is 0 Å². The number of rotatable bonds is 2. The summed E-state index contributed by atoms with van der Waals surface area (Å²) >= 11 is 3.33. The van der Waals surface area contributed by atoms with E-state index in [1.54, 1.807) is 18.2 Å². The van der Waals surface area contributed by atoms with Crippen molar-refractivity contribution in [2.45, 2.75) is 0 Å². The van der Waals surface area contributed by atoms with E-state index in [4.69, 9.17) is 5.73 Å². The van der Waals surface area contributed by atoms with Crippen LogP contribution in [0.25, 0.3) is 10.8 Å². The predicted molar refractivity (Wildman–Crippen MR) is 90.5 cm³/mol. The standard InChI is InChI=1S/C17H13BrN2O/c18-14-10-12(8-9-15(14)19)17(21)20-16-7-3-5-11-4-1-2-6-13(11)16/h1-10H,19H2,(H,20,21). The Bertz CT molecular complexity index is 825. The fourth-order valence-electron chi connectivity index (χ4n) is 2.20. The van der Waals surface area contributed by atoms with Gasteiger partial charge in [-0.2, -0.15) is 0 Å². The number of hydrogen-bond acceptors (Lipinski definition) is 2. The second kappa shape index (κ2) is 5.58. The minimum absolute atomic E-state index is 0.160. The van der Waals surface area contributed by atoms with Crippen molar-refractivity contribution in [1.29, 1.82) is 0 Å². The molecule has 0 aromatic heterocycles. The summed E-state index contributed by atoms with van der Waals surface area (Å²) in [4.78, 5) is 12.3. The van der Waals surface area contributed by atoms with E-state index in [1.807, 2.05) is 42.5 Å². The van der Waals surface area contributed by atoms with Crippen molar-refractivity contribution in [1.82, 2.24) is 0 Å². The van der Waals surface area contributed by atoms with Gasteiger partial charge in [0.2, 0.25) is 0 Å². The summed E-state index contributed by atoms with van der Waals surface area (Å²) < 4.78 is 0.716. The molecule has 3 N–H and O–H groups in total. The second-order valence-corrected chi connectivity index (χ2v) is 5.57. The van der Waals surface area contributed by atoms with E-state index in [1.165, 1.54) is 0 Å². The van der Waals surface area contributed by atoms with Crippen LogP contribution in [0.2, 0.25) is 0 Å². The van der Waals surface area contributed by atoms with Gasteiger partial charge < -0.3 is 11.1 Å². The van der Waals surface area contributed by atoms with Crippen molar-refractivity contribution in [3.05, 3.63) is 70.7 Å². The molecule has 0 saturated heterocycles. The molecule has 3 aromatic carbocycles. The van der Waals surface area contributed by atoms with Crippen LogP contribution in [-0.4, -0.2) is 5.91 Å². The zero-order valence-corrected chi connectivity index (χ0v) is 12.7. The molecule has 0 fully saturated rings. The Balaban J connectivity index is 1.94. The molecular formula is C17H13BrN2O. The highest BCUT2D eigenvalue weighted by Gasteiger charge is 2.09. The molecule has 0 heterocycles. The lowest BCUT2D eigenvalue weighted by molar-refractivity contribution is 0.102. The van der Waals surface area contributed by atoms with Crippen LogP contribution in [0.3, 0.4) is 0 Å². The first kappa shape index (κ1) is 13.6. The lowest BCUT2D eigenvalue weighted by Crippen LogP contribution is -2.12. The van der Waals surface area contributed by atoms with E-state index >= 15 is 0 Å². The third kappa shape index (κ3) is 2.76. The van der Waals surface area contributed by atoms with Gasteiger partial charge in [-0.25, -0.2) is 0 Å². The van der Waals surface area contributed by atoms with Crippen molar-refractivity contribution in [2.24, 2.45) is 0 Å². The lowest BCUT2D eigenvalue weighted by atomic mass is 10.1. The Labute approximate surface area is 130 Å². The molecule has 0 radical (unpaired) electrons. The molecule has 3 nitrogen and oxygen atoms in total. The zero-order valence-electron chi connectivity index (χ0n) is 11.1. The van der Waals surface area contributed by atoms with E-state index in [2.05, 4.69) is 21.2 Å². The predicted octanol–water partition coefficient (Wildman–Crippen LogP) is 4.44. The Morgan fingerprint density at radius 3 is 2.57 bits per heavy atom. The van der Waals surface area contributed by atoms with Crippen molar-refractivity contribution >= 4 is 44.0 Å². The smallest absolute Gasteiger partial charge is 0.255 e. The van der Waals surface area contributed by atoms with Crippen molar-refractivity contribution in [3.8, 4) is 0 Å². The molecule has 0 bridgehead atoms. The van der Waals surface area contributed by atoms with Gasteiger partial charge in [-0.05, 0) is 45.6 Å². The molecule has 1 amide bonds. The number of anilines is 2. The molecule has 0 aliphatic rings. The number of hydrogen-bond donors (Lipinski definition) is 2. The molecule has 0 spiro atoms. The maximum Gasteiger partial charge on any atom is 0.255 e. The van der Waals surface area contributed by atoms with Gasteiger partial charge in [0, 0.05) is 26.8 Å². The topological polar surface area (TPSA) is 55.1 Å². The Hall–Kier alpha value is -2.33. The van der Waals surface area contributed by atoms with Gasteiger partial charge >= 0.3 is 0 Å². The summed E-state index contributed by atoms with van der Waals surface area (Å²) in [5.74, 6) is -0.160. The normalized spacial score (nSPS) is 10.5. The average molecular weight is 341 g/mol. The highest BCUT2D eigenvalue weighted by molar-refractivity contribution is 9.10. The number of nitrogens with one attached hydrogen (secondary N) is 1. The first-order valence-electron chi connectivity index (χ1n) is 6.49. The summed E-state index contributed by atoms with van der Waals surface area (Å²) in [6, 6.07) is 18.9. The first-order valence-corrected chi connectivity index (χ1v) is 7.28. The number of carbonyl (C=O) groups is 1. The number of benzene rings is 3. The van der Waals surface area contributed by atoms with Crippen LogP contribution in [0.1, 0.15) is 10.4 Å². The van der Waals surface area contributed by atoms with Gasteiger partial charge in [-0.1, -0.05) is 36.4 Å². The van der Waals surface area contributed by atoms with Gasteiger partial charge in [-0.3, -0.25) is 4.79 Å². The summed E-state index contributed by atoms with van der Waals surface area (Å²) in [6.07, 6.45) is 0. The van der Waals surface area contributed by atoms with Crippen LogP contribution >= 0.6 is 15.9 Å². The van der Waals surface area contributed by atoms with E-state index < -0.39 is 0 Å². The highest BCUT2D eigenvalue weighted by atomic mass is 79.9. The van der Waals surface area contributed by atoms with Crippen LogP contribution in [0.4, 0.5) is 11.4 Å². The fourth-order valence-corrected chi connectivity index (χ4v) is 2.58. The molecule has 0 atom stereocenters. The summed E-state index contributed by atoms with van der Waals surface area (Å²) in [5, 5.41) is 5.06. The number of nitrogens with two attached hydrogens (primary N) is 1. The molecule has 0 aliphatic carbocycles. The van der Waals surface area contributed by atoms with Crippen molar-refractivity contribution in [2.75, 3.05) is 11.1 Å². The first-order chi connectivity index (χ1) is 10.1. The molecule has 3 aromatic rings. The minimum Gasteiger partial charge on any atom is -0.398 e. The Morgan fingerprint density at radius 2 is 1.76 bits per heavy atom. The van der Waals surface area contributed by atoms with E-state index in [-0.39, 0.29) is 5.91 Å². The number of amides is 1. The molecule has 0 aliphatic heterocycles. The Morgan fingerprint density at radius 1 is 1.00 bits per heavy atom. The van der Waals surface area contributed by atoms with Crippen molar-refractivity contribution < 1.29 is 4.79 Å². The maximum absolute atomic E-state index is 12.3. The lowest BCUT2D eigenvalue weighted by Gasteiger charge is -2.09.